The molecule has 0 saturated heterocycles. The summed E-state index contributed by atoms with van der Waals surface area (Å²) in [5.41, 5.74) is -0.0250. The van der Waals surface area contributed by atoms with Crippen LogP contribution in [0.15, 0.2) is 23.1 Å². The van der Waals surface area contributed by atoms with Gasteiger partial charge in [-0.1, -0.05) is 31.9 Å². The Bertz CT molecular complexity index is 611. The molecule has 0 aromatic heterocycles. The highest BCUT2D eigenvalue weighted by molar-refractivity contribution is 7.89. The second-order valence-electron chi connectivity index (χ2n) is 4.56. The fraction of sp³-hybridized carbons (Fsp3) is 0.462. The van der Waals surface area contributed by atoms with Gasteiger partial charge in [0.2, 0.25) is 10.0 Å². The summed E-state index contributed by atoms with van der Waals surface area (Å²) in [6.07, 6.45) is -0.0274. The van der Waals surface area contributed by atoms with Crippen molar-refractivity contribution < 1.29 is 13.5 Å². The zero-order valence-corrected chi connectivity index (χ0v) is 12.9. The first-order chi connectivity index (χ1) is 9.31. The van der Waals surface area contributed by atoms with Crippen LogP contribution in [0.5, 0.6) is 0 Å². The van der Waals surface area contributed by atoms with E-state index in [1.165, 1.54) is 18.2 Å². The molecule has 2 unspecified atom stereocenters. The number of sulfonamides is 1. The van der Waals surface area contributed by atoms with E-state index < -0.39 is 16.1 Å². The van der Waals surface area contributed by atoms with Crippen LogP contribution < -0.4 is 4.72 Å². The lowest BCUT2D eigenvalue weighted by Gasteiger charge is -2.17. The van der Waals surface area contributed by atoms with Gasteiger partial charge in [0, 0.05) is 11.6 Å². The first-order valence-corrected chi connectivity index (χ1v) is 8.05. The molecule has 1 rings (SSSR count). The molecular formula is C13H17ClN2O3S. The van der Waals surface area contributed by atoms with Gasteiger partial charge >= 0.3 is 0 Å². The van der Waals surface area contributed by atoms with Crippen LogP contribution in [0, 0.1) is 17.2 Å². The standard InChI is InChI=1S/C13H17ClN2O3S/c1-3-9(2)12(17)8-16-20(18,19)13-5-4-11(14)6-10(13)7-15/h4-6,9,12,16-17H,3,8H2,1-2H3. The number of aliphatic hydroxyl groups excluding tert-OH is 1. The summed E-state index contributed by atoms with van der Waals surface area (Å²) in [6.45, 7) is 3.65. The fourth-order valence-corrected chi connectivity index (χ4v) is 2.93. The minimum Gasteiger partial charge on any atom is -0.391 e. The van der Waals surface area contributed by atoms with Crippen LogP contribution in [-0.4, -0.2) is 26.2 Å². The van der Waals surface area contributed by atoms with Gasteiger partial charge in [-0.3, -0.25) is 0 Å². The molecular weight excluding hydrogens is 300 g/mol. The maximum atomic E-state index is 12.1. The highest BCUT2D eigenvalue weighted by Crippen LogP contribution is 2.19. The highest BCUT2D eigenvalue weighted by atomic mass is 35.5. The Balaban J connectivity index is 2.93. The van der Waals surface area contributed by atoms with Crippen LogP contribution in [0.3, 0.4) is 0 Å². The first-order valence-electron chi connectivity index (χ1n) is 6.19. The SMILES string of the molecule is CCC(C)C(O)CNS(=O)(=O)c1ccc(Cl)cc1C#N. The Morgan fingerprint density at radius 3 is 2.70 bits per heavy atom. The molecule has 5 nitrogen and oxygen atoms in total. The van der Waals surface area contributed by atoms with Crippen LogP contribution in [0.2, 0.25) is 5.02 Å². The van der Waals surface area contributed by atoms with Gasteiger partial charge in [0.15, 0.2) is 0 Å². The largest absolute Gasteiger partial charge is 0.391 e. The molecule has 0 amide bonds. The van der Waals surface area contributed by atoms with Crippen LogP contribution >= 0.6 is 11.6 Å². The summed E-state index contributed by atoms with van der Waals surface area (Å²) < 4.78 is 26.6. The number of nitrogens with zero attached hydrogens (tertiary/aromatic N) is 1. The molecule has 0 aliphatic rings. The Labute approximate surface area is 124 Å². The number of halogens is 1. The molecule has 0 bridgehead atoms. The van der Waals surface area contributed by atoms with Crippen LogP contribution in [0.1, 0.15) is 25.8 Å². The molecule has 20 heavy (non-hydrogen) atoms. The number of aliphatic hydroxyl groups is 1. The molecule has 0 aliphatic heterocycles. The zero-order chi connectivity index (χ0) is 15.3. The van der Waals surface area contributed by atoms with E-state index >= 15 is 0 Å². The minimum absolute atomic E-state index is 0.0154. The molecule has 110 valence electrons. The third-order valence-electron chi connectivity index (χ3n) is 3.13. The topological polar surface area (TPSA) is 90.2 Å². The average Bonchev–Trinajstić information content (AvgIpc) is 2.43. The van der Waals surface area contributed by atoms with Crippen molar-refractivity contribution in [3.63, 3.8) is 0 Å². The van der Waals surface area contributed by atoms with E-state index in [2.05, 4.69) is 4.72 Å². The van der Waals surface area contributed by atoms with E-state index in [9.17, 15) is 13.5 Å². The molecule has 0 fully saturated rings. The van der Waals surface area contributed by atoms with Crippen LogP contribution in [-0.2, 0) is 10.0 Å². The number of hydrogen-bond donors (Lipinski definition) is 2. The molecule has 0 spiro atoms. The summed E-state index contributed by atoms with van der Waals surface area (Å²) in [6, 6.07) is 5.77. The quantitative estimate of drug-likeness (QED) is 0.838. The van der Waals surface area contributed by atoms with Crippen molar-refractivity contribution in [1.82, 2.24) is 4.72 Å². The molecule has 7 heteroatoms. The van der Waals surface area contributed by atoms with Gasteiger partial charge in [-0.2, -0.15) is 5.26 Å². The first kappa shape index (κ1) is 16.9. The van der Waals surface area contributed by atoms with Crippen molar-refractivity contribution in [2.24, 2.45) is 5.92 Å². The molecule has 2 atom stereocenters. The van der Waals surface area contributed by atoms with Crippen molar-refractivity contribution in [3.05, 3.63) is 28.8 Å². The molecule has 0 aliphatic carbocycles. The molecule has 1 aromatic rings. The fourth-order valence-electron chi connectivity index (χ4n) is 1.57. The van der Waals surface area contributed by atoms with E-state index in [1.807, 2.05) is 13.8 Å². The van der Waals surface area contributed by atoms with Gasteiger partial charge in [-0.15, -0.1) is 0 Å². The van der Waals surface area contributed by atoms with E-state index in [0.29, 0.717) is 5.02 Å². The van der Waals surface area contributed by atoms with E-state index in [1.54, 1.807) is 6.07 Å². The van der Waals surface area contributed by atoms with E-state index in [0.717, 1.165) is 6.42 Å². The van der Waals surface area contributed by atoms with Gasteiger partial charge in [-0.05, 0) is 24.1 Å². The lowest BCUT2D eigenvalue weighted by atomic mass is 10.0. The Hall–Kier alpha value is -1.13. The van der Waals surface area contributed by atoms with Crippen LogP contribution in [0.4, 0.5) is 0 Å². The molecule has 0 saturated carbocycles. The van der Waals surface area contributed by atoms with Crippen molar-refractivity contribution >= 4 is 21.6 Å². The van der Waals surface area contributed by atoms with Gasteiger partial charge in [0.05, 0.1) is 16.6 Å². The molecule has 0 radical (unpaired) electrons. The Morgan fingerprint density at radius 2 is 2.15 bits per heavy atom. The van der Waals surface area contributed by atoms with E-state index in [-0.39, 0.29) is 22.9 Å². The Morgan fingerprint density at radius 1 is 1.50 bits per heavy atom. The van der Waals surface area contributed by atoms with Gasteiger partial charge in [0.1, 0.15) is 6.07 Å². The second-order valence-corrected chi connectivity index (χ2v) is 6.73. The van der Waals surface area contributed by atoms with Gasteiger partial charge in [0.25, 0.3) is 0 Å². The van der Waals surface area contributed by atoms with Gasteiger partial charge in [-0.25, -0.2) is 13.1 Å². The van der Waals surface area contributed by atoms with E-state index in [4.69, 9.17) is 16.9 Å². The average molecular weight is 317 g/mol. The second kappa shape index (κ2) is 7.04. The Kier molecular flexibility index (Phi) is 5.96. The number of hydrogen-bond acceptors (Lipinski definition) is 4. The third kappa shape index (κ3) is 4.18. The summed E-state index contributed by atoms with van der Waals surface area (Å²) in [5, 5.41) is 19.0. The smallest absolute Gasteiger partial charge is 0.241 e. The van der Waals surface area contributed by atoms with Crippen molar-refractivity contribution in [2.45, 2.75) is 31.3 Å². The maximum absolute atomic E-state index is 12.1. The normalized spacial score (nSPS) is 14.6. The van der Waals surface area contributed by atoms with Crippen LogP contribution in [0.25, 0.3) is 0 Å². The monoisotopic (exact) mass is 316 g/mol. The number of nitriles is 1. The molecule has 0 heterocycles. The number of rotatable bonds is 6. The summed E-state index contributed by atoms with van der Waals surface area (Å²) in [7, 11) is -3.85. The molecule has 2 N–H and O–H groups in total. The lowest BCUT2D eigenvalue weighted by molar-refractivity contribution is 0.118. The summed E-state index contributed by atoms with van der Waals surface area (Å²) in [4.78, 5) is -0.138. The van der Waals surface area contributed by atoms with Gasteiger partial charge < -0.3 is 5.11 Å². The van der Waals surface area contributed by atoms with Crippen molar-refractivity contribution in [1.29, 1.82) is 5.26 Å². The lowest BCUT2D eigenvalue weighted by Crippen LogP contribution is -2.35. The molecule has 1 aromatic carbocycles. The maximum Gasteiger partial charge on any atom is 0.241 e. The summed E-state index contributed by atoms with van der Waals surface area (Å²) >= 11 is 5.73. The summed E-state index contributed by atoms with van der Waals surface area (Å²) in [5.74, 6) is -0.0154. The highest BCUT2D eigenvalue weighted by Gasteiger charge is 2.21. The minimum atomic E-state index is -3.85. The number of benzene rings is 1. The van der Waals surface area contributed by atoms with Crippen molar-refractivity contribution in [2.75, 3.05) is 6.54 Å². The van der Waals surface area contributed by atoms with Crippen molar-refractivity contribution in [3.8, 4) is 6.07 Å². The predicted octanol–water partition coefficient (Wildman–Crippen LogP) is 1.90. The third-order valence-corrected chi connectivity index (χ3v) is 4.85. The zero-order valence-electron chi connectivity index (χ0n) is 11.3. The predicted molar refractivity (Wildman–Crippen MR) is 76.8 cm³/mol. The number of nitrogens with one attached hydrogen (secondary N) is 1.